The van der Waals surface area contributed by atoms with Crippen LogP contribution in [-0.4, -0.2) is 39.9 Å². The Morgan fingerprint density at radius 1 is 1.25 bits per heavy atom. The van der Waals surface area contributed by atoms with Crippen LogP contribution in [0.25, 0.3) is 0 Å². The van der Waals surface area contributed by atoms with Crippen LogP contribution in [0.15, 0.2) is 24.7 Å². The van der Waals surface area contributed by atoms with Crippen molar-refractivity contribution < 1.29 is 4.79 Å². The fraction of sp³-hybridized carbons (Fsp3) is 0.308. The zero-order valence-electron chi connectivity index (χ0n) is 11.7. The van der Waals surface area contributed by atoms with Gasteiger partial charge in [0.05, 0.1) is 18.4 Å². The number of nitrogens with one attached hydrogen (secondary N) is 1. The van der Waals surface area contributed by atoms with E-state index in [0.29, 0.717) is 5.82 Å². The van der Waals surface area contributed by atoms with Crippen molar-refractivity contribution in [3.63, 3.8) is 0 Å². The number of rotatable bonds is 4. The van der Waals surface area contributed by atoms with Gasteiger partial charge in [0.2, 0.25) is 0 Å². The van der Waals surface area contributed by atoms with E-state index in [2.05, 4.69) is 25.3 Å². The topological polar surface area (TPSA) is 83.9 Å². The summed E-state index contributed by atoms with van der Waals surface area (Å²) in [6.45, 7) is 2.06. The van der Waals surface area contributed by atoms with Gasteiger partial charge in [0, 0.05) is 26.5 Å². The fourth-order valence-corrected chi connectivity index (χ4v) is 1.48. The molecule has 104 valence electrons. The van der Waals surface area contributed by atoms with Crippen LogP contribution in [0.5, 0.6) is 0 Å². The second kappa shape index (κ2) is 6.05. The number of aromatic nitrogens is 4. The summed E-state index contributed by atoms with van der Waals surface area (Å²) in [6.07, 6.45) is 4.66. The van der Waals surface area contributed by atoms with Gasteiger partial charge >= 0.3 is 0 Å². The third-order valence-electron chi connectivity index (χ3n) is 2.57. The van der Waals surface area contributed by atoms with E-state index in [1.807, 2.05) is 25.9 Å². The van der Waals surface area contributed by atoms with Gasteiger partial charge in [0.15, 0.2) is 0 Å². The van der Waals surface area contributed by atoms with Gasteiger partial charge in [0.1, 0.15) is 17.3 Å². The first-order valence-corrected chi connectivity index (χ1v) is 6.12. The monoisotopic (exact) mass is 272 g/mol. The average Bonchev–Trinajstić information content (AvgIpc) is 2.46. The molecule has 2 rings (SSSR count). The molecule has 1 amide bonds. The van der Waals surface area contributed by atoms with Crippen LogP contribution in [0, 0.1) is 6.92 Å². The molecule has 2 aromatic rings. The molecule has 0 aliphatic rings. The Morgan fingerprint density at radius 2 is 2.05 bits per heavy atom. The van der Waals surface area contributed by atoms with Gasteiger partial charge in [-0.05, 0) is 13.0 Å². The summed E-state index contributed by atoms with van der Waals surface area (Å²) in [6, 6.07) is 1.80. The van der Waals surface area contributed by atoms with E-state index >= 15 is 0 Å². The Balaban J connectivity index is 1.99. The second-order valence-corrected chi connectivity index (χ2v) is 4.45. The molecule has 0 radical (unpaired) electrons. The predicted molar refractivity (Wildman–Crippen MR) is 74.3 cm³/mol. The van der Waals surface area contributed by atoms with Gasteiger partial charge in [-0.3, -0.25) is 9.78 Å². The maximum atomic E-state index is 11.9. The lowest BCUT2D eigenvalue weighted by Crippen LogP contribution is -2.25. The molecule has 2 aromatic heterocycles. The molecule has 0 saturated heterocycles. The van der Waals surface area contributed by atoms with Gasteiger partial charge in [-0.2, -0.15) is 0 Å². The number of aryl methyl sites for hydroxylation is 1. The van der Waals surface area contributed by atoms with Gasteiger partial charge in [-0.15, -0.1) is 0 Å². The van der Waals surface area contributed by atoms with Crippen LogP contribution in [0.4, 0.5) is 5.82 Å². The van der Waals surface area contributed by atoms with Crippen LogP contribution >= 0.6 is 0 Å². The highest BCUT2D eigenvalue weighted by Crippen LogP contribution is 2.05. The summed E-state index contributed by atoms with van der Waals surface area (Å²) in [7, 11) is 3.79. The van der Waals surface area contributed by atoms with E-state index < -0.39 is 0 Å². The van der Waals surface area contributed by atoms with Crippen LogP contribution in [-0.2, 0) is 6.54 Å². The lowest BCUT2D eigenvalue weighted by molar-refractivity contribution is 0.0944. The Morgan fingerprint density at radius 3 is 2.70 bits per heavy atom. The highest BCUT2D eigenvalue weighted by molar-refractivity contribution is 5.91. The van der Waals surface area contributed by atoms with Gasteiger partial charge < -0.3 is 10.2 Å². The fourth-order valence-electron chi connectivity index (χ4n) is 1.48. The SMILES string of the molecule is Cc1cnc(C(=O)NCc2nccc(N(C)C)n2)cn1. The molecule has 1 N–H and O–H groups in total. The van der Waals surface area contributed by atoms with Crippen LogP contribution in [0.2, 0.25) is 0 Å². The standard InChI is InChI=1S/C13H16N6O/c1-9-6-16-10(7-15-9)13(20)17-8-11-14-5-4-12(18-11)19(2)3/h4-7H,8H2,1-3H3,(H,17,20). The first kappa shape index (κ1) is 13.9. The number of hydrogen-bond donors (Lipinski definition) is 1. The third-order valence-corrected chi connectivity index (χ3v) is 2.57. The molecule has 0 aliphatic heterocycles. The normalized spacial score (nSPS) is 10.2. The van der Waals surface area contributed by atoms with Gasteiger partial charge in [-0.25, -0.2) is 15.0 Å². The van der Waals surface area contributed by atoms with Crippen molar-refractivity contribution in [1.82, 2.24) is 25.3 Å². The molecule has 0 aliphatic carbocycles. The van der Waals surface area contributed by atoms with Crippen molar-refractivity contribution in [2.75, 3.05) is 19.0 Å². The largest absolute Gasteiger partial charge is 0.363 e. The number of carbonyl (C=O) groups excluding carboxylic acids is 1. The molecule has 0 spiro atoms. The smallest absolute Gasteiger partial charge is 0.271 e. The summed E-state index contributed by atoms with van der Waals surface area (Å²) < 4.78 is 0. The molecular formula is C13H16N6O. The van der Waals surface area contributed by atoms with Crippen molar-refractivity contribution in [2.24, 2.45) is 0 Å². The number of anilines is 1. The molecule has 0 unspecified atom stereocenters. The van der Waals surface area contributed by atoms with Gasteiger partial charge in [0.25, 0.3) is 5.91 Å². The predicted octanol–water partition coefficient (Wildman–Crippen LogP) is 0.571. The van der Waals surface area contributed by atoms with Crippen molar-refractivity contribution in [3.8, 4) is 0 Å². The summed E-state index contributed by atoms with van der Waals surface area (Å²) in [5.41, 5.74) is 1.04. The molecular weight excluding hydrogens is 256 g/mol. The lowest BCUT2D eigenvalue weighted by atomic mass is 10.4. The molecule has 7 heteroatoms. The van der Waals surface area contributed by atoms with Crippen molar-refractivity contribution >= 4 is 11.7 Å². The minimum Gasteiger partial charge on any atom is -0.363 e. The van der Waals surface area contributed by atoms with Crippen molar-refractivity contribution in [1.29, 1.82) is 0 Å². The van der Waals surface area contributed by atoms with E-state index in [9.17, 15) is 4.79 Å². The van der Waals surface area contributed by atoms with Crippen molar-refractivity contribution in [3.05, 3.63) is 41.9 Å². The maximum absolute atomic E-state index is 11.9. The lowest BCUT2D eigenvalue weighted by Gasteiger charge is -2.11. The molecule has 2 heterocycles. The molecule has 0 bridgehead atoms. The second-order valence-electron chi connectivity index (χ2n) is 4.45. The minimum absolute atomic E-state index is 0.246. The van der Waals surface area contributed by atoms with E-state index in [-0.39, 0.29) is 18.1 Å². The minimum atomic E-state index is -0.295. The molecule has 0 saturated carbocycles. The summed E-state index contributed by atoms with van der Waals surface area (Å²) in [5.74, 6) is 1.04. The number of carbonyl (C=O) groups is 1. The van der Waals surface area contributed by atoms with E-state index in [0.717, 1.165) is 11.5 Å². The average molecular weight is 272 g/mol. The molecule has 0 atom stereocenters. The first-order chi connectivity index (χ1) is 9.56. The Kier molecular flexibility index (Phi) is 4.19. The number of nitrogens with zero attached hydrogens (tertiary/aromatic N) is 5. The van der Waals surface area contributed by atoms with Crippen LogP contribution in [0.1, 0.15) is 22.0 Å². The van der Waals surface area contributed by atoms with Gasteiger partial charge in [-0.1, -0.05) is 0 Å². The Labute approximate surface area is 117 Å². The van der Waals surface area contributed by atoms with E-state index in [1.54, 1.807) is 18.5 Å². The van der Waals surface area contributed by atoms with Crippen LogP contribution < -0.4 is 10.2 Å². The highest BCUT2D eigenvalue weighted by Gasteiger charge is 2.08. The number of hydrogen-bond acceptors (Lipinski definition) is 6. The molecule has 7 nitrogen and oxygen atoms in total. The molecule has 0 aromatic carbocycles. The summed E-state index contributed by atoms with van der Waals surface area (Å²) >= 11 is 0. The number of amides is 1. The molecule has 0 fully saturated rings. The third kappa shape index (κ3) is 3.47. The van der Waals surface area contributed by atoms with Crippen LogP contribution in [0.3, 0.4) is 0 Å². The van der Waals surface area contributed by atoms with Crippen molar-refractivity contribution in [2.45, 2.75) is 13.5 Å². The first-order valence-electron chi connectivity index (χ1n) is 6.12. The Bertz CT molecular complexity index is 596. The van der Waals surface area contributed by atoms with E-state index in [1.165, 1.54) is 6.20 Å². The zero-order valence-corrected chi connectivity index (χ0v) is 11.7. The summed E-state index contributed by atoms with van der Waals surface area (Å²) in [4.78, 5) is 30.2. The molecule has 20 heavy (non-hydrogen) atoms. The highest BCUT2D eigenvalue weighted by atomic mass is 16.1. The van der Waals surface area contributed by atoms with E-state index in [4.69, 9.17) is 0 Å². The maximum Gasteiger partial charge on any atom is 0.271 e. The quantitative estimate of drug-likeness (QED) is 0.876. The Hall–Kier alpha value is -2.57. The summed E-state index contributed by atoms with van der Waals surface area (Å²) in [5, 5.41) is 2.72. The zero-order chi connectivity index (χ0) is 14.5.